The van der Waals surface area contributed by atoms with E-state index in [2.05, 4.69) is 17.0 Å². The van der Waals surface area contributed by atoms with Gasteiger partial charge in [0.15, 0.2) is 0 Å². The molecule has 1 atom stereocenters. The zero-order valence-corrected chi connectivity index (χ0v) is 12.3. The van der Waals surface area contributed by atoms with Crippen molar-refractivity contribution in [2.45, 2.75) is 39.3 Å². The van der Waals surface area contributed by atoms with Gasteiger partial charge in [-0.3, -0.25) is 9.67 Å². The quantitative estimate of drug-likeness (QED) is 0.874. The lowest BCUT2D eigenvalue weighted by Gasteiger charge is -2.09. The van der Waals surface area contributed by atoms with Gasteiger partial charge in [-0.2, -0.15) is 5.10 Å². The second-order valence-electron chi connectivity index (χ2n) is 5.05. The Morgan fingerprint density at radius 3 is 2.75 bits per heavy atom. The van der Waals surface area contributed by atoms with Crippen LogP contribution in [0.4, 0.5) is 0 Å². The normalized spacial score (nSPS) is 12.4. The molecule has 2 aromatic heterocycles. The number of hydrogen-bond acceptors (Lipinski definition) is 4. The van der Waals surface area contributed by atoms with E-state index in [0.29, 0.717) is 6.61 Å². The number of nitrogens with zero attached hydrogens (tertiary/aromatic N) is 3. The number of aryl methyl sites for hydroxylation is 2. The summed E-state index contributed by atoms with van der Waals surface area (Å²) < 4.78 is 7.55. The molecule has 0 aliphatic rings. The molecular formula is C15H22N4O. The summed E-state index contributed by atoms with van der Waals surface area (Å²) in [5, 5.41) is 4.29. The summed E-state index contributed by atoms with van der Waals surface area (Å²) in [6.07, 6.45) is 3.51. The van der Waals surface area contributed by atoms with Crippen molar-refractivity contribution >= 4 is 0 Å². The number of hydrogen-bond donors (Lipinski definition) is 1. The first-order valence-corrected chi connectivity index (χ1v) is 6.91. The van der Waals surface area contributed by atoms with Crippen molar-refractivity contribution in [1.82, 2.24) is 14.8 Å². The molecule has 0 saturated carbocycles. The first-order chi connectivity index (χ1) is 9.58. The summed E-state index contributed by atoms with van der Waals surface area (Å²) in [6.45, 7) is 4.54. The number of pyridine rings is 1. The van der Waals surface area contributed by atoms with Crippen LogP contribution in [0.15, 0.2) is 24.4 Å². The predicted octanol–water partition coefficient (Wildman–Crippen LogP) is 1.98. The van der Waals surface area contributed by atoms with Crippen molar-refractivity contribution in [3.63, 3.8) is 0 Å². The van der Waals surface area contributed by atoms with Crippen molar-refractivity contribution in [3.05, 3.63) is 41.5 Å². The van der Waals surface area contributed by atoms with Crippen LogP contribution in [-0.4, -0.2) is 20.8 Å². The van der Waals surface area contributed by atoms with E-state index < -0.39 is 0 Å². The monoisotopic (exact) mass is 274 g/mol. The highest BCUT2D eigenvalue weighted by molar-refractivity contribution is 5.21. The maximum absolute atomic E-state index is 5.92. The minimum absolute atomic E-state index is 0.173. The summed E-state index contributed by atoms with van der Waals surface area (Å²) in [6, 6.07) is 6.10. The van der Waals surface area contributed by atoms with Gasteiger partial charge >= 0.3 is 0 Å². The Morgan fingerprint density at radius 1 is 1.40 bits per heavy atom. The van der Waals surface area contributed by atoms with E-state index in [0.717, 1.165) is 35.7 Å². The smallest absolute Gasteiger partial charge is 0.138 e. The van der Waals surface area contributed by atoms with E-state index in [9.17, 15) is 0 Å². The van der Waals surface area contributed by atoms with E-state index in [4.69, 9.17) is 10.5 Å². The number of nitrogens with two attached hydrogens (primary N) is 1. The van der Waals surface area contributed by atoms with Crippen LogP contribution in [0.5, 0.6) is 5.75 Å². The van der Waals surface area contributed by atoms with Gasteiger partial charge in [-0.25, -0.2) is 0 Å². The van der Waals surface area contributed by atoms with Gasteiger partial charge in [0.1, 0.15) is 12.4 Å². The first-order valence-electron chi connectivity index (χ1n) is 6.91. The Hall–Kier alpha value is -1.88. The summed E-state index contributed by atoms with van der Waals surface area (Å²) in [5.74, 6) is 0.762. The molecule has 20 heavy (non-hydrogen) atoms. The predicted molar refractivity (Wildman–Crippen MR) is 78.5 cm³/mol. The third kappa shape index (κ3) is 3.81. The third-order valence-corrected chi connectivity index (χ3v) is 3.28. The van der Waals surface area contributed by atoms with Crippen molar-refractivity contribution in [2.75, 3.05) is 0 Å². The van der Waals surface area contributed by atoms with Crippen LogP contribution in [0.2, 0.25) is 0 Å². The van der Waals surface area contributed by atoms with Crippen LogP contribution in [0.3, 0.4) is 0 Å². The van der Waals surface area contributed by atoms with E-state index in [1.165, 1.54) is 0 Å². The van der Waals surface area contributed by atoms with E-state index in [-0.39, 0.29) is 6.04 Å². The molecule has 0 radical (unpaired) electrons. The fraction of sp³-hybridized carbons (Fsp3) is 0.467. The largest absolute Gasteiger partial charge is 0.486 e. The first kappa shape index (κ1) is 14.5. The van der Waals surface area contributed by atoms with Gasteiger partial charge in [-0.1, -0.05) is 6.92 Å². The second kappa shape index (κ2) is 6.52. The molecule has 0 fully saturated rings. The van der Waals surface area contributed by atoms with Gasteiger partial charge in [0.25, 0.3) is 0 Å². The molecule has 0 amide bonds. The lowest BCUT2D eigenvalue weighted by atomic mass is 10.1. The molecule has 0 saturated heterocycles. The highest BCUT2D eigenvalue weighted by Crippen LogP contribution is 2.13. The molecule has 108 valence electrons. The third-order valence-electron chi connectivity index (χ3n) is 3.28. The molecule has 0 bridgehead atoms. The van der Waals surface area contributed by atoms with E-state index in [1.807, 2.05) is 36.9 Å². The molecule has 5 heteroatoms. The van der Waals surface area contributed by atoms with Crippen molar-refractivity contribution in [3.8, 4) is 5.75 Å². The summed E-state index contributed by atoms with van der Waals surface area (Å²) in [4.78, 5) is 4.38. The summed E-state index contributed by atoms with van der Waals surface area (Å²) in [5.41, 5.74) is 8.95. The molecule has 0 spiro atoms. The molecule has 2 N–H and O–H groups in total. The van der Waals surface area contributed by atoms with Crippen LogP contribution in [-0.2, 0) is 20.1 Å². The maximum atomic E-state index is 5.92. The maximum Gasteiger partial charge on any atom is 0.138 e. The van der Waals surface area contributed by atoms with Crippen molar-refractivity contribution in [1.29, 1.82) is 0 Å². The van der Waals surface area contributed by atoms with Crippen LogP contribution in [0.25, 0.3) is 0 Å². The van der Waals surface area contributed by atoms with Crippen LogP contribution < -0.4 is 10.5 Å². The number of rotatable bonds is 6. The van der Waals surface area contributed by atoms with Gasteiger partial charge in [0.05, 0.1) is 17.6 Å². The Balaban J connectivity index is 1.92. The fourth-order valence-corrected chi connectivity index (χ4v) is 1.99. The molecule has 2 heterocycles. The SMILES string of the molecule is CCC(N)Cc1ccc(OCc2cc(C)nn2C)cn1. The Bertz CT molecular complexity index is 548. The van der Waals surface area contributed by atoms with Crippen LogP contribution in [0.1, 0.15) is 30.4 Å². The summed E-state index contributed by atoms with van der Waals surface area (Å²) in [7, 11) is 1.92. The van der Waals surface area contributed by atoms with Gasteiger partial charge < -0.3 is 10.5 Å². The average molecular weight is 274 g/mol. The van der Waals surface area contributed by atoms with Gasteiger partial charge in [-0.15, -0.1) is 0 Å². The van der Waals surface area contributed by atoms with Crippen LogP contribution in [0, 0.1) is 6.92 Å². The zero-order valence-electron chi connectivity index (χ0n) is 12.3. The second-order valence-corrected chi connectivity index (χ2v) is 5.05. The van der Waals surface area contributed by atoms with Gasteiger partial charge in [-0.05, 0) is 31.5 Å². The molecule has 2 aromatic rings. The Kier molecular flexibility index (Phi) is 4.74. The van der Waals surface area contributed by atoms with Crippen molar-refractivity contribution < 1.29 is 4.74 Å². The molecule has 5 nitrogen and oxygen atoms in total. The highest BCUT2D eigenvalue weighted by Gasteiger charge is 2.05. The molecule has 0 aromatic carbocycles. The molecular weight excluding hydrogens is 252 g/mol. The molecule has 0 aliphatic heterocycles. The zero-order chi connectivity index (χ0) is 14.5. The molecule has 2 rings (SSSR count). The summed E-state index contributed by atoms with van der Waals surface area (Å²) >= 11 is 0. The van der Waals surface area contributed by atoms with Gasteiger partial charge in [0.2, 0.25) is 0 Å². The average Bonchev–Trinajstić information content (AvgIpc) is 2.76. The van der Waals surface area contributed by atoms with Crippen LogP contribution >= 0.6 is 0 Å². The fourth-order valence-electron chi connectivity index (χ4n) is 1.99. The molecule has 0 aliphatic carbocycles. The number of aromatic nitrogens is 3. The minimum Gasteiger partial charge on any atom is -0.486 e. The highest BCUT2D eigenvalue weighted by atomic mass is 16.5. The van der Waals surface area contributed by atoms with E-state index >= 15 is 0 Å². The van der Waals surface area contributed by atoms with Crippen molar-refractivity contribution in [2.24, 2.45) is 12.8 Å². The lowest BCUT2D eigenvalue weighted by molar-refractivity contribution is 0.293. The topological polar surface area (TPSA) is 66.0 Å². The lowest BCUT2D eigenvalue weighted by Crippen LogP contribution is -2.21. The molecule has 1 unspecified atom stereocenters. The van der Waals surface area contributed by atoms with Gasteiger partial charge in [0, 0.05) is 25.2 Å². The minimum atomic E-state index is 0.173. The number of ether oxygens (including phenoxy) is 1. The Labute approximate surface area is 119 Å². The Morgan fingerprint density at radius 2 is 2.20 bits per heavy atom. The standard InChI is InChI=1S/C15H22N4O/c1-4-12(16)8-13-5-6-15(9-17-13)20-10-14-7-11(2)18-19(14)3/h5-7,9,12H,4,8,10,16H2,1-3H3. The van der Waals surface area contributed by atoms with E-state index in [1.54, 1.807) is 6.20 Å².